The molecule has 3 heterocycles. The van der Waals surface area contributed by atoms with E-state index in [1.807, 2.05) is 54.6 Å². The van der Waals surface area contributed by atoms with Gasteiger partial charge in [0.15, 0.2) is 23.2 Å². The number of nitrogens with zero attached hydrogens (tertiary/aromatic N) is 5. The molecule has 186 valence electrons. The minimum absolute atomic E-state index is 0.126. The molecule has 1 aliphatic rings. The van der Waals surface area contributed by atoms with Crippen LogP contribution >= 0.6 is 0 Å². The number of benzene rings is 2. The van der Waals surface area contributed by atoms with Gasteiger partial charge in [-0.25, -0.2) is 20.4 Å². The Morgan fingerprint density at radius 2 is 1.94 bits per heavy atom. The van der Waals surface area contributed by atoms with Gasteiger partial charge in [-0.1, -0.05) is 42.5 Å². The average molecular weight is 492 g/mol. The molecule has 0 saturated carbocycles. The second-order valence-corrected chi connectivity index (χ2v) is 8.18. The first kappa shape index (κ1) is 23.6. The molecule has 4 aromatic rings. The molecule has 5 rings (SSSR count). The SMILES string of the molecule is Nc1ncnc2c1nc(NN=Cc1cccc(OCc3ccccc3)c1)n2C1OC(CO)C(O)C1O. The Kier molecular flexibility index (Phi) is 6.73. The van der Waals surface area contributed by atoms with Gasteiger partial charge >= 0.3 is 0 Å². The van der Waals surface area contributed by atoms with Crippen LogP contribution in [0.15, 0.2) is 66.0 Å². The second kappa shape index (κ2) is 10.3. The minimum Gasteiger partial charge on any atom is -0.489 e. The quantitative estimate of drug-likeness (QED) is 0.177. The van der Waals surface area contributed by atoms with Crippen molar-refractivity contribution >= 4 is 29.1 Å². The van der Waals surface area contributed by atoms with Crippen LogP contribution in [0.1, 0.15) is 17.4 Å². The number of aliphatic hydroxyl groups is 3. The van der Waals surface area contributed by atoms with Gasteiger partial charge in [-0.05, 0) is 23.3 Å². The molecule has 12 nitrogen and oxygen atoms in total. The third kappa shape index (κ3) is 4.70. The molecule has 1 saturated heterocycles. The van der Waals surface area contributed by atoms with Gasteiger partial charge in [0, 0.05) is 0 Å². The number of aliphatic hydroxyl groups excluding tert-OH is 3. The molecule has 4 atom stereocenters. The summed E-state index contributed by atoms with van der Waals surface area (Å²) < 4.78 is 13.0. The zero-order valence-electron chi connectivity index (χ0n) is 19.0. The summed E-state index contributed by atoms with van der Waals surface area (Å²) in [5.74, 6) is 0.963. The summed E-state index contributed by atoms with van der Waals surface area (Å²) in [6, 6.07) is 17.3. The number of fused-ring (bicyclic) bond motifs is 1. The Balaban J connectivity index is 1.37. The normalized spacial score (nSPS) is 21.9. The number of hydrogen-bond donors (Lipinski definition) is 5. The molecule has 0 aliphatic carbocycles. The molecule has 0 bridgehead atoms. The van der Waals surface area contributed by atoms with E-state index in [4.69, 9.17) is 15.2 Å². The zero-order chi connectivity index (χ0) is 25.1. The van der Waals surface area contributed by atoms with E-state index in [1.165, 1.54) is 10.9 Å². The van der Waals surface area contributed by atoms with Crippen LogP contribution in [0.25, 0.3) is 11.2 Å². The lowest BCUT2D eigenvalue weighted by atomic mass is 10.1. The number of ether oxygens (including phenoxy) is 2. The highest BCUT2D eigenvalue weighted by molar-refractivity contribution is 5.84. The van der Waals surface area contributed by atoms with Crippen LogP contribution in [0, 0.1) is 0 Å². The molecular formula is C24H25N7O5. The summed E-state index contributed by atoms with van der Waals surface area (Å²) in [5.41, 5.74) is 11.1. The molecular weight excluding hydrogens is 466 g/mol. The van der Waals surface area contributed by atoms with Crippen LogP contribution in [0.2, 0.25) is 0 Å². The van der Waals surface area contributed by atoms with Gasteiger partial charge in [0.1, 0.15) is 37.0 Å². The van der Waals surface area contributed by atoms with Crippen molar-refractivity contribution in [1.29, 1.82) is 0 Å². The fourth-order valence-corrected chi connectivity index (χ4v) is 3.93. The summed E-state index contributed by atoms with van der Waals surface area (Å²) in [6.07, 6.45) is -1.89. The van der Waals surface area contributed by atoms with Gasteiger partial charge in [-0.15, -0.1) is 0 Å². The molecule has 4 unspecified atom stereocenters. The number of rotatable bonds is 8. The van der Waals surface area contributed by atoms with Gasteiger partial charge in [0.2, 0.25) is 5.95 Å². The maximum atomic E-state index is 10.6. The highest BCUT2D eigenvalue weighted by Gasteiger charge is 2.45. The summed E-state index contributed by atoms with van der Waals surface area (Å²) >= 11 is 0. The number of hydrogen-bond acceptors (Lipinski definition) is 11. The topological polar surface area (TPSA) is 173 Å². The standard InChI is InChI=1S/C24H25N7O5/c25-21-18-22(27-13-26-21)31(23-20(34)19(33)17(11-32)36-23)24(29-18)30-28-10-15-7-4-8-16(9-15)35-12-14-5-2-1-3-6-14/h1-10,13,17,19-20,23,32-34H,11-12H2,(H,29,30)(H2,25,26,27). The maximum absolute atomic E-state index is 10.6. The van der Waals surface area contributed by atoms with Crippen molar-refractivity contribution in [3.8, 4) is 5.75 Å². The number of anilines is 2. The molecule has 2 aromatic heterocycles. The lowest BCUT2D eigenvalue weighted by Gasteiger charge is -2.18. The first-order valence-electron chi connectivity index (χ1n) is 11.2. The van der Waals surface area contributed by atoms with Crippen molar-refractivity contribution < 1.29 is 24.8 Å². The molecule has 1 aliphatic heterocycles. The molecule has 2 aromatic carbocycles. The van der Waals surface area contributed by atoms with E-state index in [0.717, 1.165) is 11.1 Å². The summed E-state index contributed by atoms with van der Waals surface area (Å²) in [4.78, 5) is 12.6. The molecule has 36 heavy (non-hydrogen) atoms. The van der Waals surface area contributed by atoms with E-state index >= 15 is 0 Å². The monoisotopic (exact) mass is 491 g/mol. The number of imidazole rings is 1. The van der Waals surface area contributed by atoms with Crippen molar-refractivity contribution in [1.82, 2.24) is 19.5 Å². The highest BCUT2D eigenvalue weighted by atomic mass is 16.6. The minimum atomic E-state index is -1.35. The fraction of sp³-hybridized carbons (Fsp3) is 0.250. The van der Waals surface area contributed by atoms with Gasteiger partial charge in [-0.3, -0.25) is 4.57 Å². The van der Waals surface area contributed by atoms with E-state index in [-0.39, 0.29) is 22.9 Å². The van der Waals surface area contributed by atoms with Crippen molar-refractivity contribution in [2.24, 2.45) is 5.10 Å². The lowest BCUT2D eigenvalue weighted by molar-refractivity contribution is -0.0501. The average Bonchev–Trinajstić information content (AvgIpc) is 3.41. The van der Waals surface area contributed by atoms with Crippen LogP contribution in [0.5, 0.6) is 5.75 Å². The number of aromatic nitrogens is 4. The van der Waals surface area contributed by atoms with Crippen molar-refractivity contribution in [3.63, 3.8) is 0 Å². The molecule has 6 N–H and O–H groups in total. The number of hydrazone groups is 1. The Hall–Kier alpha value is -4.10. The van der Waals surface area contributed by atoms with Gasteiger partial charge in [0.25, 0.3) is 0 Å². The van der Waals surface area contributed by atoms with E-state index < -0.39 is 31.1 Å². The number of nitrogen functional groups attached to an aromatic ring is 1. The summed E-state index contributed by atoms with van der Waals surface area (Å²) in [5, 5.41) is 34.5. The smallest absolute Gasteiger partial charge is 0.228 e. The van der Waals surface area contributed by atoms with E-state index in [1.54, 1.807) is 6.21 Å². The Bertz CT molecular complexity index is 1360. The van der Waals surface area contributed by atoms with Crippen LogP contribution in [0.3, 0.4) is 0 Å². The Labute approximate surface area is 205 Å². The third-order valence-electron chi connectivity index (χ3n) is 5.76. The van der Waals surface area contributed by atoms with Crippen molar-refractivity contribution in [3.05, 3.63) is 72.1 Å². The number of nitrogens with one attached hydrogen (secondary N) is 1. The van der Waals surface area contributed by atoms with Crippen LogP contribution in [-0.4, -0.2) is 66.0 Å². The summed E-state index contributed by atoms with van der Waals surface area (Å²) in [6.45, 7) is -0.0291. The molecule has 1 fully saturated rings. The Morgan fingerprint density at radius 1 is 1.11 bits per heavy atom. The predicted molar refractivity (Wildman–Crippen MR) is 131 cm³/mol. The molecule has 0 radical (unpaired) electrons. The third-order valence-corrected chi connectivity index (χ3v) is 5.76. The van der Waals surface area contributed by atoms with Gasteiger partial charge in [-0.2, -0.15) is 5.10 Å². The van der Waals surface area contributed by atoms with Gasteiger partial charge in [0.05, 0.1) is 12.8 Å². The highest BCUT2D eigenvalue weighted by Crippen LogP contribution is 2.35. The van der Waals surface area contributed by atoms with Crippen LogP contribution in [-0.2, 0) is 11.3 Å². The van der Waals surface area contributed by atoms with Crippen LogP contribution < -0.4 is 15.9 Å². The van der Waals surface area contributed by atoms with Crippen molar-refractivity contribution in [2.75, 3.05) is 17.8 Å². The predicted octanol–water partition coefficient (Wildman–Crippen LogP) is 1.04. The van der Waals surface area contributed by atoms with E-state index in [2.05, 4.69) is 25.5 Å². The molecule has 12 heteroatoms. The zero-order valence-corrected chi connectivity index (χ0v) is 19.0. The largest absolute Gasteiger partial charge is 0.489 e. The molecule has 0 spiro atoms. The lowest BCUT2D eigenvalue weighted by Crippen LogP contribution is -2.33. The van der Waals surface area contributed by atoms with Crippen molar-refractivity contribution in [2.45, 2.75) is 31.1 Å². The Morgan fingerprint density at radius 3 is 2.72 bits per heavy atom. The molecule has 0 amide bonds. The number of nitrogens with two attached hydrogens (primary N) is 1. The fourth-order valence-electron chi connectivity index (χ4n) is 3.93. The van der Waals surface area contributed by atoms with Crippen LogP contribution in [0.4, 0.5) is 11.8 Å². The maximum Gasteiger partial charge on any atom is 0.228 e. The van der Waals surface area contributed by atoms with E-state index in [0.29, 0.717) is 12.4 Å². The summed E-state index contributed by atoms with van der Waals surface area (Å²) in [7, 11) is 0. The van der Waals surface area contributed by atoms with Gasteiger partial charge < -0.3 is 30.5 Å². The first-order valence-corrected chi connectivity index (χ1v) is 11.2. The first-order chi connectivity index (χ1) is 17.5. The van der Waals surface area contributed by atoms with E-state index in [9.17, 15) is 15.3 Å². The second-order valence-electron chi connectivity index (χ2n) is 8.18.